The molecular weight excluding hydrogens is 352 g/mol. The number of aromatic amines is 1. The molecule has 1 atom stereocenters. The van der Waals surface area contributed by atoms with Crippen molar-refractivity contribution < 1.29 is 14.3 Å². The lowest BCUT2D eigenvalue weighted by Gasteiger charge is -2.10. The number of aromatic nitrogens is 3. The van der Waals surface area contributed by atoms with Gasteiger partial charge in [-0.3, -0.25) is 4.79 Å². The van der Waals surface area contributed by atoms with E-state index in [0.29, 0.717) is 10.7 Å². The van der Waals surface area contributed by atoms with Gasteiger partial charge in [-0.25, -0.2) is 14.8 Å². The first kappa shape index (κ1) is 17.9. The smallest absolute Gasteiger partial charge is 0.343 e. The largest absolute Gasteiger partial charge is 0.462 e. The molecule has 0 bridgehead atoms. The number of ketones is 1. The number of H-pyrrole nitrogens is 1. The average molecular weight is 370 g/mol. The van der Waals surface area contributed by atoms with Crippen molar-refractivity contribution in [3.05, 3.63) is 47.8 Å². The number of rotatable bonds is 6. The van der Waals surface area contributed by atoms with Gasteiger partial charge < -0.3 is 15.5 Å². The Morgan fingerprint density at radius 1 is 1.31 bits per heavy atom. The molecule has 0 aliphatic rings. The standard InChI is InChI=1S/C18H18N4O3S/c1-3-25-17(24)13-9-21-18(22-16(13)19)26-10(2)15(23)12-8-20-14-7-5-4-6-11(12)14/h4-10,20H,3H2,1-2H3,(H2,19,21,22)/t10-/m1/s1. The van der Waals surface area contributed by atoms with E-state index in [1.165, 1.54) is 18.0 Å². The second-order valence-corrected chi connectivity index (χ2v) is 6.85. The molecule has 134 valence electrons. The van der Waals surface area contributed by atoms with E-state index in [0.717, 1.165) is 10.9 Å². The number of carbonyl (C=O) groups excluding carboxylic acids is 2. The first-order chi connectivity index (χ1) is 12.5. The van der Waals surface area contributed by atoms with Crippen LogP contribution in [0.3, 0.4) is 0 Å². The van der Waals surface area contributed by atoms with Crippen LogP contribution in [-0.4, -0.2) is 38.6 Å². The third-order valence-corrected chi connectivity index (χ3v) is 4.77. The molecule has 0 saturated heterocycles. The molecule has 0 fully saturated rings. The number of Topliss-reactive ketones (excluding diaryl/α,β-unsaturated/α-hetero) is 1. The maximum absolute atomic E-state index is 12.8. The number of esters is 1. The molecule has 3 N–H and O–H groups in total. The van der Waals surface area contributed by atoms with Crippen molar-refractivity contribution in [2.75, 3.05) is 12.3 Å². The molecule has 1 aromatic carbocycles. The van der Waals surface area contributed by atoms with Crippen molar-refractivity contribution in [1.82, 2.24) is 15.0 Å². The number of nitrogens with two attached hydrogens (primary N) is 1. The molecule has 26 heavy (non-hydrogen) atoms. The van der Waals surface area contributed by atoms with Crippen LogP contribution in [0.1, 0.15) is 34.6 Å². The Morgan fingerprint density at radius 3 is 2.81 bits per heavy atom. The van der Waals surface area contributed by atoms with Crippen molar-refractivity contribution in [3.63, 3.8) is 0 Å². The topological polar surface area (TPSA) is 111 Å². The van der Waals surface area contributed by atoms with Crippen LogP contribution in [-0.2, 0) is 4.74 Å². The summed E-state index contributed by atoms with van der Waals surface area (Å²) in [5.41, 5.74) is 7.47. The maximum atomic E-state index is 12.8. The Bertz CT molecular complexity index is 970. The molecule has 0 radical (unpaired) electrons. The summed E-state index contributed by atoms with van der Waals surface area (Å²) in [6.45, 7) is 3.73. The quantitative estimate of drug-likeness (QED) is 0.297. The molecule has 0 spiro atoms. The Balaban J connectivity index is 1.77. The van der Waals surface area contributed by atoms with Crippen molar-refractivity contribution in [2.45, 2.75) is 24.3 Å². The molecule has 7 nitrogen and oxygen atoms in total. The zero-order chi connectivity index (χ0) is 18.7. The number of anilines is 1. The van der Waals surface area contributed by atoms with E-state index in [9.17, 15) is 9.59 Å². The summed E-state index contributed by atoms with van der Waals surface area (Å²) in [7, 11) is 0. The van der Waals surface area contributed by atoms with Crippen molar-refractivity contribution in [3.8, 4) is 0 Å². The molecule has 2 heterocycles. The highest BCUT2D eigenvalue weighted by molar-refractivity contribution is 8.00. The minimum Gasteiger partial charge on any atom is -0.462 e. The van der Waals surface area contributed by atoms with Gasteiger partial charge in [-0.05, 0) is 19.9 Å². The van der Waals surface area contributed by atoms with Crippen LogP contribution in [0.4, 0.5) is 5.82 Å². The monoisotopic (exact) mass is 370 g/mol. The van der Waals surface area contributed by atoms with Gasteiger partial charge in [0.15, 0.2) is 10.9 Å². The Morgan fingerprint density at radius 2 is 2.08 bits per heavy atom. The number of para-hydroxylation sites is 1. The first-order valence-electron chi connectivity index (χ1n) is 8.08. The number of ether oxygens (including phenoxy) is 1. The Kier molecular flexibility index (Phi) is 5.22. The van der Waals surface area contributed by atoms with Crippen LogP contribution in [0.5, 0.6) is 0 Å². The van der Waals surface area contributed by atoms with Crippen LogP contribution >= 0.6 is 11.8 Å². The Hall–Kier alpha value is -2.87. The lowest BCUT2D eigenvalue weighted by atomic mass is 10.1. The number of fused-ring (bicyclic) bond motifs is 1. The lowest BCUT2D eigenvalue weighted by molar-refractivity contribution is 0.0526. The highest BCUT2D eigenvalue weighted by atomic mass is 32.2. The minimum atomic E-state index is -0.565. The summed E-state index contributed by atoms with van der Waals surface area (Å²) in [4.78, 5) is 35.8. The van der Waals surface area contributed by atoms with Crippen molar-refractivity contribution >= 4 is 40.2 Å². The zero-order valence-electron chi connectivity index (χ0n) is 14.4. The highest BCUT2D eigenvalue weighted by Crippen LogP contribution is 2.27. The molecule has 0 unspecified atom stereocenters. The van der Waals surface area contributed by atoms with Crippen molar-refractivity contribution in [1.29, 1.82) is 0 Å². The molecule has 0 aliphatic carbocycles. The van der Waals surface area contributed by atoms with Crippen LogP contribution in [0.25, 0.3) is 10.9 Å². The zero-order valence-corrected chi connectivity index (χ0v) is 15.2. The molecule has 0 saturated carbocycles. The van der Waals surface area contributed by atoms with Crippen LogP contribution in [0, 0.1) is 0 Å². The highest BCUT2D eigenvalue weighted by Gasteiger charge is 2.22. The average Bonchev–Trinajstić information content (AvgIpc) is 3.05. The number of thioether (sulfide) groups is 1. The number of carbonyl (C=O) groups is 2. The fourth-order valence-electron chi connectivity index (χ4n) is 2.51. The maximum Gasteiger partial charge on any atom is 0.343 e. The summed E-state index contributed by atoms with van der Waals surface area (Å²) in [5.74, 6) is -0.568. The van der Waals surface area contributed by atoms with Gasteiger partial charge in [0.2, 0.25) is 0 Å². The molecule has 3 rings (SSSR count). The predicted molar refractivity (Wildman–Crippen MR) is 100 cm³/mol. The number of hydrogen-bond donors (Lipinski definition) is 2. The van der Waals surface area contributed by atoms with Crippen LogP contribution < -0.4 is 5.73 Å². The summed E-state index contributed by atoms with van der Waals surface area (Å²) >= 11 is 1.19. The predicted octanol–water partition coefficient (Wildman–Crippen LogP) is 3.08. The van der Waals surface area contributed by atoms with Crippen LogP contribution in [0.2, 0.25) is 0 Å². The number of nitrogen functional groups attached to an aromatic ring is 1. The van der Waals surface area contributed by atoms with Gasteiger partial charge >= 0.3 is 5.97 Å². The van der Waals surface area contributed by atoms with E-state index in [4.69, 9.17) is 10.5 Å². The van der Waals surface area contributed by atoms with Gasteiger partial charge in [0.25, 0.3) is 0 Å². The van der Waals surface area contributed by atoms with E-state index in [1.54, 1.807) is 20.0 Å². The van der Waals surface area contributed by atoms with Crippen molar-refractivity contribution in [2.24, 2.45) is 0 Å². The molecule has 0 aliphatic heterocycles. The summed E-state index contributed by atoms with van der Waals surface area (Å²) in [6, 6.07) is 7.62. The van der Waals surface area contributed by atoms with E-state index in [2.05, 4.69) is 15.0 Å². The Labute approximate surface area is 154 Å². The second-order valence-electron chi connectivity index (χ2n) is 5.54. The molecule has 3 aromatic rings. The van der Waals surface area contributed by atoms with E-state index >= 15 is 0 Å². The van der Waals surface area contributed by atoms with Crippen LogP contribution in [0.15, 0.2) is 41.8 Å². The summed E-state index contributed by atoms with van der Waals surface area (Å²) in [5, 5.41) is 0.793. The van der Waals surface area contributed by atoms with Gasteiger partial charge in [-0.2, -0.15) is 0 Å². The van der Waals surface area contributed by atoms with Gasteiger partial charge in [0.05, 0.1) is 11.9 Å². The first-order valence-corrected chi connectivity index (χ1v) is 8.95. The normalized spacial score (nSPS) is 12.1. The summed E-state index contributed by atoms with van der Waals surface area (Å²) in [6.07, 6.45) is 3.04. The van der Waals surface area contributed by atoms with Gasteiger partial charge in [-0.1, -0.05) is 30.0 Å². The molecule has 2 aromatic heterocycles. The van der Waals surface area contributed by atoms with Gasteiger partial charge in [-0.15, -0.1) is 0 Å². The molecular formula is C18H18N4O3S. The molecule has 0 amide bonds. The fraction of sp³-hybridized carbons (Fsp3) is 0.222. The number of nitrogens with one attached hydrogen (secondary N) is 1. The van der Waals surface area contributed by atoms with E-state index in [-0.39, 0.29) is 23.8 Å². The fourth-order valence-corrected chi connectivity index (χ4v) is 3.32. The van der Waals surface area contributed by atoms with E-state index in [1.807, 2.05) is 24.3 Å². The minimum absolute atomic E-state index is 0.0349. The number of nitrogens with zero attached hydrogens (tertiary/aromatic N) is 2. The second kappa shape index (κ2) is 7.57. The third-order valence-electron chi connectivity index (χ3n) is 3.80. The lowest BCUT2D eigenvalue weighted by Crippen LogP contribution is -2.15. The number of benzene rings is 1. The molecule has 8 heteroatoms. The SMILES string of the molecule is CCOC(=O)c1cnc(S[C@H](C)C(=O)c2c[nH]c3ccccc23)nc1N. The van der Waals surface area contributed by atoms with Gasteiger partial charge in [0, 0.05) is 28.9 Å². The van der Waals surface area contributed by atoms with Gasteiger partial charge in [0.1, 0.15) is 11.4 Å². The number of hydrogen-bond acceptors (Lipinski definition) is 7. The third kappa shape index (κ3) is 3.55. The summed E-state index contributed by atoms with van der Waals surface area (Å²) < 4.78 is 4.89. The van der Waals surface area contributed by atoms with E-state index < -0.39 is 11.2 Å².